The fourth-order valence-electron chi connectivity index (χ4n) is 2.51. The van der Waals surface area contributed by atoms with Crippen molar-refractivity contribution in [3.63, 3.8) is 0 Å². The minimum absolute atomic E-state index is 0.0247. The first-order valence-corrected chi connectivity index (χ1v) is 6.37. The van der Waals surface area contributed by atoms with E-state index in [0.717, 1.165) is 6.42 Å². The lowest BCUT2D eigenvalue weighted by Gasteiger charge is -2.38. The molecule has 1 aliphatic carbocycles. The highest BCUT2D eigenvalue weighted by Gasteiger charge is 2.50. The van der Waals surface area contributed by atoms with Crippen LogP contribution in [0, 0.1) is 5.82 Å². The summed E-state index contributed by atoms with van der Waals surface area (Å²) in [5.41, 5.74) is -0.963. The third-order valence-corrected chi connectivity index (χ3v) is 4.41. The number of ether oxygens (including phenoxy) is 2. The normalized spacial score (nSPS) is 19.4. The van der Waals surface area contributed by atoms with E-state index in [-0.39, 0.29) is 12.4 Å². The van der Waals surface area contributed by atoms with Gasteiger partial charge < -0.3 is 14.6 Å². The van der Waals surface area contributed by atoms with Crippen molar-refractivity contribution in [2.45, 2.75) is 24.7 Å². The van der Waals surface area contributed by atoms with Gasteiger partial charge in [-0.25, -0.2) is 4.39 Å². The lowest BCUT2D eigenvalue weighted by molar-refractivity contribution is -0.147. The summed E-state index contributed by atoms with van der Waals surface area (Å²) in [7, 11) is 0. The number of hydrogen-bond acceptors (Lipinski definition) is 3. The molecule has 1 aromatic carbocycles. The molecule has 18 heavy (non-hydrogen) atoms. The molecule has 1 fully saturated rings. The summed E-state index contributed by atoms with van der Waals surface area (Å²) < 4.78 is 24.9. The van der Waals surface area contributed by atoms with E-state index in [2.05, 4.69) is 15.9 Å². The van der Waals surface area contributed by atoms with Gasteiger partial charge in [0.25, 0.3) is 0 Å². The Bertz CT molecular complexity index is 539. The summed E-state index contributed by atoms with van der Waals surface area (Å²) in [6.45, 7) is 0.0247. The Morgan fingerprint density at radius 2 is 2.17 bits per heavy atom. The standard InChI is InChI=1S/C12H10BrFO4/c13-9-8(12(11(15)16)2-1-3-12)6(14)4-7-10(9)18-5-17-7/h4H,1-3,5H2,(H,15,16). The number of fused-ring (bicyclic) bond motifs is 1. The number of rotatable bonds is 2. The van der Waals surface area contributed by atoms with Crippen molar-refractivity contribution >= 4 is 21.9 Å². The molecule has 0 saturated heterocycles. The van der Waals surface area contributed by atoms with E-state index in [0.29, 0.717) is 28.8 Å². The molecule has 3 rings (SSSR count). The Balaban J connectivity index is 2.21. The Morgan fingerprint density at radius 3 is 2.72 bits per heavy atom. The van der Waals surface area contributed by atoms with Gasteiger partial charge in [0.05, 0.1) is 9.89 Å². The molecular formula is C12H10BrFO4. The second-order valence-electron chi connectivity index (χ2n) is 4.52. The monoisotopic (exact) mass is 316 g/mol. The number of hydrogen-bond donors (Lipinski definition) is 1. The molecule has 96 valence electrons. The number of halogens is 2. The summed E-state index contributed by atoms with van der Waals surface area (Å²) in [6, 6.07) is 1.20. The molecular weight excluding hydrogens is 307 g/mol. The smallest absolute Gasteiger partial charge is 0.314 e. The van der Waals surface area contributed by atoms with Crippen LogP contribution in [-0.2, 0) is 10.2 Å². The molecule has 0 spiro atoms. The average Bonchev–Trinajstić information content (AvgIpc) is 2.68. The van der Waals surface area contributed by atoms with Crippen molar-refractivity contribution in [2.75, 3.05) is 6.79 Å². The molecule has 1 aromatic rings. The highest BCUT2D eigenvalue weighted by atomic mass is 79.9. The van der Waals surface area contributed by atoms with Crippen LogP contribution >= 0.6 is 15.9 Å². The quantitative estimate of drug-likeness (QED) is 0.911. The van der Waals surface area contributed by atoms with Gasteiger partial charge in [-0.15, -0.1) is 0 Å². The molecule has 4 nitrogen and oxygen atoms in total. The molecule has 0 unspecified atom stereocenters. The number of carbonyl (C=O) groups is 1. The second-order valence-corrected chi connectivity index (χ2v) is 5.31. The van der Waals surface area contributed by atoms with Gasteiger partial charge in [0, 0.05) is 11.6 Å². The van der Waals surface area contributed by atoms with Crippen molar-refractivity contribution in [3.05, 3.63) is 21.9 Å². The zero-order valence-corrected chi connectivity index (χ0v) is 10.9. The molecule has 0 bridgehead atoms. The van der Waals surface area contributed by atoms with Gasteiger partial charge in [0.15, 0.2) is 11.5 Å². The van der Waals surface area contributed by atoms with E-state index < -0.39 is 17.2 Å². The van der Waals surface area contributed by atoms with Gasteiger partial charge in [0.1, 0.15) is 5.82 Å². The van der Waals surface area contributed by atoms with Crippen LogP contribution in [0.25, 0.3) is 0 Å². The largest absolute Gasteiger partial charge is 0.481 e. The van der Waals surface area contributed by atoms with E-state index >= 15 is 0 Å². The minimum Gasteiger partial charge on any atom is -0.481 e. The number of aliphatic carboxylic acids is 1. The molecule has 1 N–H and O–H groups in total. The summed E-state index contributed by atoms with van der Waals surface area (Å²) in [6.07, 6.45) is 1.67. The summed E-state index contributed by atoms with van der Waals surface area (Å²) in [4.78, 5) is 11.4. The molecule has 2 aliphatic rings. The first-order chi connectivity index (χ1) is 8.56. The van der Waals surface area contributed by atoms with E-state index in [9.17, 15) is 14.3 Å². The summed E-state index contributed by atoms with van der Waals surface area (Å²) in [5.74, 6) is -0.859. The van der Waals surface area contributed by atoms with Gasteiger partial charge in [0.2, 0.25) is 6.79 Å². The van der Waals surface area contributed by atoms with Crippen LogP contribution in [0.5, 0.6) is 11.5 Å². The lowest BCUT2D eigenvalue weighted by Crippen LogP contribution is -2.43. The Morgan fingerprint density at radius 1 is 1.44 bits per heavy atom. The number of benzene rings is 1. The van der Waals surface area contributed by atoms with E-state index in [1.807, 2.05) is 0 Å². The van der Waals surface area contributed by atoms with Crippen molar-refractivity contribution in [3.8, 4) is 11.5 Å². The van der Waals surface area contributed by atoms with Gasteiger partial charge in [-0.1, -0.05) is 6.42 Å². The predicted molar refractivity (Wildman–Crippen MR) is 63.4 cm³/mol. The van der Waals surface area contributed by atoms with Crippen molar-refractivity contribution in [1.82, 2.24) is 0 Å². The summed E-state index contributed by atoms with van der Waals surface area (Å²) in [5, 5.41) is 9.38. The van der Waals surface area contributed by atoms with Crippen LogP contribution in [0.1, 0.15) is 24.8 Å². The van der Waals surface area contributed by atoms with Gasteiger partial charge in [-0.3, -0.25) is 4.79 Å². The minimum atomic E-state index is -1.14. The maximum absolute atomic E-state index is 14.2. The zero-order valence-electron chi connectivity index (χ0n) is 9.33. The van der Waals surface area contributed by atoms with Crippen LogP contribution in [0.15, 0.2) is 10.5 Å². The van der Waals surface area contributed by atoms with E-state index in [1.54, 1.807) is 0 Å². The molecule has 0 amide bonds. The molecule has 1 aliphatic heterocycles. The lowest BCUT2D eigenvalue weighted by atomic mass is 9.64. The fourth-order valence-corrected chi connectivity index (χ4v) is 3.39. The van der Waals surface area contributed by atoms with Gasteiger partial charge in [-0.2, -0.15) is 0 Å². The van der Waals surface area contributed by atoms with Crippen molar-refractivity contribution in [2.24, 2.45) is 0 Å². The highest BCUT2D eigenvalue weighted by Crippen LogP contribution is 2.52. The molecule has 6 heteroatoms. The van der Waals surface area contributed by atoms with Crippen molar-refractivity contribution < 1.29 is 23.8 Å². The van der Waals surface area contributed by atoms with Gasteiger partial charge >= 0.3 is 5.97 Å². The average molecular weight is 317 g/mol. The molecule has 1 saturated carbocycles. The summed E-state index contributed by atoms with van der Waals surface area (Å²) >= 11 is 3.25. The van der Waals surface area contributed by atoms with E-state index in [4.69, 9.17) is 9.47 Å². The molecule has 0 atom stereocenters. The number of carboxylic acids is 1. The number of carboxylic acid groups (broad SMARTS) is 1. The predicted octanol–water partition coefficient (Wildman–Crippen LogP) is 2.82. The van der Waals surface area contributed by atoms with Crippen LogP contribution < -0.4 is 9.47 Å². The maximum Gasteiger partial charge on any atom is 0.314 e. The van der Waals surface area contributed by atoms with Crippen LogP contribution in [0.3, 0.4) is 0 Å². The topological polar surface area (TPSA) is 55.8 Å². The Hall–Kier alpha value is -1.30. The Kier molecular flexibility index (Phi) is 2.52. The third-order valence-electron chi connectivity index (χ3n) is 3.65. The molecule has 0 radical (unpaired) electrons. The maximum atomic E-state index is 14.2. The van der Waals surface area contributed by atoms with Crippen LogP contribution in [0.2, 0.25) is 0 Å². The van der Waals surface area contributed by atoms with Gasteiger partial charge in [-0.05, 0) is 28.8 Å². The molecule has 0 aromatic heterocycles. The SMILES string of the molecule is O=C(O)C1(c2c(F)cc3c(c2Br)OCO3)CCC1. The third kappa shape index (κ3) is 1.38. The van der Waals surface area contributed by atoms with Crippen molar-refractivity contribution in [1.29, 1.82) is 0 Å². The Labute approximate surface area is 111 Å². The first-order valence-electron chi connectivity index (χ1n) is 5.58. The van der Waals surface area contributed by atoms with Crippen LogP contribution in [0.4, 0.5) is 4.39 Å². The highest BCUT2D eigenvalue weighted by molar-refractivity contribution is 9.10. The fraction of sp³-hybridized carbons (Fsp3) is 0.417. The van der Waals surface area contributed by atoms with E-state index in [1.165, 1.54) is 6.07 Å². The second kappa shape index (κ2) is 3.85. The first kappa shape index (κ1) is 11.8. The molecule has 1 heterocycles. The zero-order chi connectivity index (χ0) is 12.9. The van der Waals surface area contributed by atoms with Crippen LogP contribution in [-0.4, -0.2) is 17.9 Å².